The molecule has 0 radical (unpaired) electrons. The molecule has 6 heteroatoms. The second kappa shape index (κ2) is 8.27. The Hall–Kier alpha value is -1.98. The minimum Gasteiger partial charge on any atom is -0.385 e. The van der Waals surface area contributed by atoms with Crippen molar-refractivity contribution in [2.24, 2.45) is 5.92 Å². The fourth-order valence-corrected chi connectivity index (χ4v) is 4.32. The van der Waals surface area contributed by atoms with E-state index in [0.717, 1.165) is 17.2 Å². The number of nitrogens with zero attached hydrogens (tertiary/aromatic N) is 1. The Balaban J connectivity index is 1.59. The Labute approximate surface area is 184 Å². The number of hydrogen-bond donors (Lipinski definition) is 1. The van der Waals surface area contributed by atoms with Crippen molar-refractivity contribution < 1.29 is 13.9 Å². The van der Waals surface area contributed by atoms with Gasteiger partial charge in [0.05, 0.1) is 11.6 Å². The zero-order valence-electron chi connectivity index (χ0n) is 16.3. The summed E-state index contributed by atoms with van der Waals surface area (Å²) in [6.07, 6.45) is 0. The summed E-state index contributed by atoms with van der Waals surface area (Å²) >= 11 is 12.1. The summed E-state index contributed by atoms with van der Waals surface area (Å²) in [5.41, 5.74) is 1.04. The van der Waals surface area contributed by atoms with E-state index in [9.17, 15) is 13.9 Å². The van der Waals surface area contributed by atoms with Gasteiger partial charge in [-0.05, 0) is 60.0 Å². The maximum atomic E-state index is 13.7. The van der Waals surface area contributed by atoms with Gasteiger partial charge in [-0.1, -0.05) is 47.5 Å². The molecule has 1 heterocycles. The van der Waals surface area contributed by atoms with E-state index in [-0.39, 0.29) is 17.5 Å². The van der Waals surface area contributed by atoms with Gasteiger partial charge in [0.2, 0.25) is 0 Å². The summed E-state index contributed by atoms with van der Waals surface area (Å²) in [5.74, 6) is -1.55. The van der Waals surface area contributed by atoms with Crippen molar-refractivity contribution in [3.63, 3.8) is 0 Å². The van der Waals surface area contributed by atoms with Crippen LogP contribution < -0.4 is 0 Å². The molecule has 0 saturated carbocycles. The summed E-state index contributed by atoms with van der Waals surface area (Å²) in [4.78, 5) is 2.22. The summed E-state index contributed by atoms with van der Waals surface area (Å²) < 4.78 is 27.3. The van der Waals surface area contributed by atoms with Gasteiger partial charge in [0, 0.05) is 35.1 Å². The summed E-state index contributed by atoms with van der Waals surface area (Å²) in [5, 5.41) is 12.4. The number of aliphatic hydroxyl groups is 1. The lowest BCUT2D eigenvalue weighted by Crippen LogP contribution is -2.56. The number of benzene rings is 3. The molecule has 1 fully saturated rings. The van der Waals surface area contributed by atoms with Crippen LogP contribution in [0.25, 0.3) is 0 Å². The van der Waals surface area contributed by atoms with Crippen LogP contribution in [-0.2, 0) is 5.60 Å². The van der Waals surface area contributed by atoms with Gasteiger partial charge in [-0.25, -0.2) is 8.78 Å². The second-order valence-electron chi connectivity index (χ2n) is 7.96. The van der Waals surface area contributed by atoms with Gasteiger partial charge in [-0.15, -0.1) is 0 Å². The van der Waals surface area contributed by atoms with Gasteiger partial charge in [-0.3, -0.25) is 4.90 Å². The van der Waals surface area contributed by atoms with E-state index in [1.807, 2.05) is 48.5 Å². The molecule has 0 amide bonds. The van der Waals surface area contributed by atoms with E-state index >= 15 is 0 Å². The Morgan fingerprint density at radius 1 is 0.867 bits per heavy atom. The molecule has 1 aliphatic heterocycles. The molecule has 0 spiro atoms. The molecule has 2 nitrogen and oxygen atoms in total. The van der Waals surface area contributed by atoms with Crippen molar-refractivity contribution in [2.75, 3.05) is 13.1 Å². The van der Waals surface area contributed by atoms with Crippen molar-refractivity contribution >= 4 is 23.2 Å². The second-order valence-corrected chi connectivity index (χ2v) is 8.83. The van der Waals surface area contributed by atoms with E-state index in [0.29, 0.717) is 23.1 Å². The van der Waals surface area contributed by atoms with Crippen LogP contribution in [-0.4, -0.2) is 23.1 Å². The van der Waals surface area contributed by atoms with Crippen molar-refractivity contribution in [2.45, 2.75) is 18.6 Å². The SMILES string of the molecule is CC(O)(c1cc(F)cc(F)c1)C1CN(C(c2ccc(Cl)cc2)c2ccc(Cl)cc2)C1. The number of hydrogen-bond acceptors (Lipinski definition) is 2. The third kappa shape index (κ3) is 4.23. The van der Waals surface area contributed by atoms with Crippen LogP contribution in [0.3, 0.4) is 0 Å². The van der Waals surface area contributed by atoms with Gasteiger partial charge in [0.25, 0.3) is 0 Å². The highest BCUT2D eigenvalue weighted by molar-refractivity contribution is 6.30. The standard InChI is InChI=1S/C24H21Cl2F2NO/c1-24(30,17-10-21(27)12-22(28)11-17)18-13-29(14-18)23(15-2-6-19(25)7-3-15)16-4-8-20(26)9-5-16/h2-12,18,23,30H,13-14H2,1H3. The first-order valence-electron chi connectivity index (χ1n) is 9.68. The number of likely N-dealkylation sites (tertiary alicyclic amines) is 1. The highest BCUT2D eigenvalue weighted by Gasteiger charge is 2.44. The highest BCUT2D eigenvalue weighted by atomic mass is 35.5. The minimum atomic E-state index is -1.34. The van der Waals surface area contributed by atoms with Gasteiger partial charge in [-0.2, -0.15) is 0 Å². The zero-order chi connectivity index (χ0) is 21.5. The third-order valence-electron chi connectivity index (χ3n) is 5.89. The van der Waals surface area contributed by atoms with Crippen LogP contribution in [0.5, 0.6) is 0 Å². The smallest absolute Gasteiger partial charge is 0.126 e. The molecule has 1 atom stereocenters. The fraction of sp³-hybridized carbons (Fsp3) is 0.250. The van der Waals surface area contributed by atoms with Crippen LogP contribution in [0.1, 0.15) is 29.7 Å². The molecule has 3 aromatic rings. The van der Waals surface area contributed by atoms with Crippen LogP contribution in [0.2, 0.25) is 10.0 Å². The first-order chi connectivity index (χ1) is 14.2. The van der Waals surface area contributed by atoms with Crippen molar-refractivity contribution in [3.05, 3.63) is 105 Å². The van der Waals surface area contributed by atoms with Crippen LogP contribution >= 0.6 is 23.2 Å². The lowest BCUT2D eigenvalue weighted by Gasteiger charge is -2.50. The summed E-state index contributed by atoms with van der Waals surface area (Å²) in [6, 6.07) is 18.5. The van der Waals surface area contributed by atoms with Crippen molar-refractivity contribution in [3.8, 4) is 0 Å². The average Bonchev–Trinajstić information content (AvgIpc) is 2.65. The molecule has 1 aliphatic rings. The lowest BCUT2D eigenvalue weighted by molar-refractivity contribution is -0.0888. The minimum absolute atomic E-state index is 0.0455. The molecule has 1 N–H and O–H groups in total. The average molecular weight is 448 g/mol. The predicted molar refractivity (Wildman–Crippen MR) is 116 cm³/mol. The van der Waals surface area contributed by atoms with E-state index in [1.165, 1.54) is 12.1 Å². The maximum absolute atomic E-state index is 13.7. The molecule has 156 valence electrons. The molecule has 1 saturated heterocycles. The van der Waals surface area contributed by atoms with Crippen molar-refractivity contribution in [1.29, 1.82) is 0 Å². The molecule has 0 aromatic heterocycles. The monoisotopic (exact) mass is 447 g/mol. The quantitative estimate of drug-likeness (QED) is 0.503. The Bertz CT molecular complexity index is 966. The molecular weight excluding hydrogens is 427 g/mol. The van der Waals surface area contributed by atoms with E-state index in [1.54, 1.807) is 6.92 Å². The Morgan fingerprint density at radius 3 is 1.73 bits per heavy atom. The van der Waals surface area contributed by atoms with E-state index in [4.69, 9.17) is 23.2 Å². The van der Waals surface area contributed by atoms with Crippen LogP contribution in [0.15, 0.2) is 66.7 Å². The molecule has 30 heavy (non-hydrogen) atoms. The first kappa shape index (κ1) is 21.3. The van der Waals surface area contributed by atoms with Crippen LogP contribution in [0.4, 0.5) is 8.78 Å². The Morgan fingerprint density at radius 2 is 1.30 bits per heavy atom. The topological polar surface area (TPSA) is 23.5 Å². The summed E-state index contributed by atoms with van der Waals surface area (Å²) in [6.45, 7) is 2.75. The van der Waals surface area contributed by atoms with E-state index < -0.39 is 17.2 Å². The maximum Gasteiger partial charge on any atom is 0.126 e. The number of rotatable bonds is 5. The molecule has 0 aliphatic carbocycles. The number of halogens is 4. The summed E-state index contributed by atoms with van der Waals surface area (Å²) in [7, 11) is 0. The fourth-order valence-electron chi connectivity index (χ4n) is 4.06. The molecule has 3 aromatic carbocycles. The van der Waals surface area contributed by atoms with E-state index in [2.05, 4.69) is 4.90 Å². The van der Waals surface area contributed by atoms with Gasteiger partial charge in [0.1, 0.15) is 11.6 Å². The lowest BCUT2D eigenvalue weighted by atomic mass is 9.76. The predicted octanol–water partition coefficient (Wildman–Crippen LogP) is 6.20. The molecule has 1 unspecified atom stereocenters. The highest BCUT2D eigenvalue weighted by Crippen LogP contribution is 2.42. The van der Waals surface area contributed by atoms with Gasteiger partial charge >= 0.3 is 0 Å². The first-order valence-corrected chi connectivity index (χ1v) is 10.4. The Kier molecular flexibility index (Phi) is 5.86. The third-order valence-corrected chi connectivity index (χ3v) is 6.39. The zero-order valence-corrected chi connectivity index (χ0v) is 17.8. The van der Waals surface area contributed by atoms with Crippen molar-refractivity contribution in [1.82, 2.24) is 4.90 Å². The largest absolute Gasteiger partial charge is 0.385 e. The molecular formula is C24H21Cl2F2NO. The van der Waals surface area contributed by atoms with Gasteiger partial charge in [0.15, 0.2) is 0 Å². The molecule has 0 bridgehead atoms. The van der Waals surface area contributed by atoms with Gasteiger partial charge < -0.3 is 5.11 Å². The molecule has 4 rings (SSSR count). The normalized spacial score (nSPS) is 17.0. The van der Waals surface area contributed by atoms with Crippen LogP contribution in [0, 0.1) is 17.6 Å².